The highest BCUT2D eigenvalue weighted by Gasteiger charge is 2.48. The van der Waals surface area contributed by atoms with Crippen molar-refractivity contribution in [2.75, 3.05) is 11.1 Å². The number of amides is 1. The summed E-state index contributed by atoms with van der Waals surface area (Å²) in [5.41, 5.74) is 7.48. The third-order valence-corrected chi connectivity index (χ3v) is 7.59. The number of nitrogens with zero attached hydrogens (tertiary/aromatic N) is 6. The molecule has 4 aromatic rings. The number of nitrogens with one attached hydrogen (secondary N) is 2. The first kappa shape index (κ1) is 22.6. The Hall–Kier alpha value is -3.86. The molecule has 6 rings (SSSR count). The molecule has 0 unspecified atom stereocenters. The summed E-state index contributed by atoms with van der Waals surface area (Å²) in [7, 11) is 0. The molecule has 4 N–H and O–H groups in total. The minimum Gasteiger partial charge on any atom is -0.383 e. The van der Waals surface area contributed by atoms with Crippen molar-refractivity contribution in [3.05, 3.63) is 57.0 Å². The van der Waals surface area contributed by atoms with E-state index >= 15 is 0 Å². The second-order valence-electron chi connectivity index (χ2n) is 9.60. The number of rotatable bonds is 4. The van der Waals surface area contributed by atoms with Crippen molar-refractivity contribution in [1.82, 2.24) is 34.5 Å². The van der Waals surface area contributed by atoms with Gasteiger partial charge in [0.25, 0.3) is 0 Å². The van der Waals surface area contributed by atoms with Gasteiger partial charge < -0.3 is 16.0 Å². The van der Waals surface area contributed by atoms with Gasteiger partial charge >= 0.3 is 0 Å². The number of fused-ring (bicyclic) bond motifs is 2. The normalized spacial score (nSPS) is 20.0. The van der Waals surface area contributed by atoms with Crippen LogP contribution in [-0.4, -0.2) is 40.4 Å². The first-order chi connectivity index (χ1) is 17.3. The predicted octanol–water partition coefficient (Wildman–Crippen LogP) is 2.89. The van der Waals surface area contributed by atoms with E-state index in [0.717, 1.165) is 12.1 Å². The van der Waals surface area contributed by atoms with Crippen LogP contribution in [0.3, 0.4) is 0 Å². The standard InChI is InChI=1S/C24H24ClN9O2/c1-24(17-8-16(35)13(25)9-27-17)18-19(26)31-20(32-21(18)33-23(24)36)15-10-34-22(28-11-29-34)14(30-15)7-12-5-3-2-4-6-12/h8-12H,2-7H2,1H3,(H,27,35)(H3,26,31,32,33,36)/t24-/m1/s1. The van der Waals surface area contributed by atoms with Gasteiger partial charge in [-0.15, -0.1) is 0 Å². The van der Waals surface area contributed by atoms with Crippen LogP contribution in [0.1, 0.15) is 56.0 Å². The molecule has 1 amide bonds. The molecule has 1 aliphatic heterocycles. The minimum atomic E-state index is -1.29. The van der Waals surface area contributed by atoms with Crippen LogP contribution in [0.15, 0.2) is 29.6 Å². The lowest BCUT2D eigenvalue weighted by molar-refractivity contribution is -0.119. The predicted molar refractivity (Wildman–Crippen MR) is 134 cm³/mol. The van der Waals surface area contributed by atoms with Gasteiger partial charge in [0.1, 0.15) is 34.1 Å². The van der Waals surface area contributed by atoms with Crippen LogP contribution in [0.5, 0.6) is 0 Å². The number of hydrogen-bond donors (Lipinski definition) is 3. The van der Waals surface area contributed by atoms with Gasteiger partial charge in [-0.2, -0.15) is 5.10 Å². The smallest absolute Gasteiger partial charge is 0.242 e. The maximum atomic E-state index is 13.1. The Kier molecular flexibility index (Phi) is 5.25. The van der Waals surface area contributed by atoms with Gasteiger partial charge in [-0.1, -0.05) is 43.7 Å². The topological polar surface area (TPSA) is 157 Å². The first-order valence-corrected chi connectivity index (χ1v) is 12.3. The number of nitrogen functional groups attached to an aromatic ring is 1. The van der Waals surface area contributed by atoms with Crippen LogP contribution < -0.4 is 16.5 Å². The first-order valence-electron chi connectivity index (χ1n) is 11.9. The van der Waals surface area contributed by atoms with Crippen LogP contribution in [-0.2, 0) is 16.6 Å². The van der Waals surface area contributed by atoms with E-state index in [4.69, 9.17) is 22.3 Å². The fraction of sp³-hybridized carbons (Fsp3) is 0.375. The molecule has 0 spiro atoms. The van der Waals surface area contributed by atoms with Crippen molar-refractivity contribution in [3.63, 3.8) is 0 Å². The largest absolute Gasteiger partial charge is 0.383 e. The summed E-state index contributed by atoms with van der Waals surface area (Å²) in [5, 5.41) is 7.13. The maximum absolute atomic E-state index is 13.1. The van der Waals surface area contributed by atoms with Crippen molar-refractivity contribution in [1.29, 1.82) is 0 Å². The van der Waals surface area contributed by atoms with Crippen molar-refractivity contribution in [3.8, 4) is 11.5 Å². The molecule has 36 heavy (non-hydrogen) atoms. The molecule has 1 saturated carbocycles. The van der Waals surface area contributed by atoms with E-state index in [1.165, 1.54) is 50.7 Å². The van der Waals surface area contributed by atoms with Gasteiger partial charge in [0, 0.05) is 18.0 Å². The summed E-state index contributed by atoms with van der Waals surface area (Å²) in [6.45, 7) is 1.66. The number of anilines is 2. The quantitative estimate of drug-likeness (QED) is 0.382. The van der Waals surface area contributed by atoms with Crippen LogP contribution >= 0.6 is 11.6 Å². The van der Waals surface area contributed by atoms with Gasteiger partial charge in [0.05, 0.1) is 17.5 Å². The fourth-order valence-corrected chi connectivity index (χ4v) is 5.43. The molecular formula is C24H24ClN9O2. The number of H-pyrrole nitrogens is 1. The van der Waals surface area contributed by atoms with Crippen LogP contribution in [0.25, 0.3) is 17.2 Å². The van der Waals surface area contributed by atoms with Gasteiger partial charge in [-0.05, 0) is 19.3 Å². The van der Waals surface area contributed by atoms with Gasteiger partial charge in [0.2, 0.25) is 5.91 Å². The molecule has 4 aromatic heterocycles. The van der Waals surface area contributed by atoms with Gasteiger partial charge in [0.15, 0.2) is 16.9 Å². The number of pyridine rings is 1. The van der Waals surface area contributed by atoms with Crippen LogP contribution in [0, 0.1) is 5.92 Å². The molecule has 0 aromatic carbocycles. The zero-order valence-corrected chi connectivity index (χ0v) is 20.3. The van der Waals surface area contributed by atoms with E-state index in [-0.39, 0.29) is 28.4 Å². The Morgan fingerprint density at radius 3 is 2.78 bits per heavy atom. The Morgan fingerprint density at radius 1 is 1.19 bits per heavy atom. The zero-order chi connectivity index (χ0) is 25.0. The second kappa shape index (κ2) is 8.37. The summed E-state index contributed by atoms with van der Waals surface area (Å²) in [6, 6.07) is 1.29. The Labute approximate surface area is 210 Å². The lowest BCUT2D eigenvalue weighted by atomic mass is 9.81. The molecule has 5 heterocycles. The number of aromatic amines is 1. The highest BCUT2D eigenvalue weighted by atomic mass is 35.5. The molecule has 0 saturated heterocycles. The van der Waals surface area contributed by atoms with Crippen molar-refractivity contribution in [2.45, 2.75) is 50.9 Å². The average Bonchev–Trinajstić information content (AvgIpc) is 3.44. The molecular weight excluding hydrogens is 482 g/mol. The SMILES string of the molecule is C[C@]1(c2cc(=O)c(Cl)c[nH]2)C(=O)Nc2nc(-c3cn4ncnc4c(CC4CCCCC4)n3)nc(N)c21. The molecule has 1 fully saturated rings. The zero-order valence-electron chi connectivity index (χ0n) is 19.6. The van der Waals surface area contributed by atoms with E-state index in [2.05, 4.69) is 30.4 Å². The highest BCUT2D eigenvalue weighted by Crippen LogP contribution is 2.44. The van der Waals surface area contributed by atoms with E-state index < -0.39 is 10.8 Å². The van der Waals surface area contributed by atoms with Crippen LogP contribution in [0.4, 0.5) is 11.6 Å². The summed E-state index contributed by atoms with van der Waals surface area (Å²) in [4.78, 5) is 46.6. The lowest BCUT2D eigenvalue weighted by Crippen LogP contribution is -2.34. The Morgan fingerprint density at radius 2 is 2.00 bits per heavy atom. The number of hydrogen-bond acceptors (Lipinski definition) is 8. The monoisotopic (exact) mass is 505 g/mol. The van der Waals surface area contributed by atoms with E-state index in [0.29, 0.717) is 28.5 Å². The molecule has 1 atom stereocenters. The third-order valence-electron chi connectivity index (χ3n) is 7.29. The number of nitrogens with two attached hydrogens (primary N) is 1. The fourth-order valence-electron chi connectivity index (χ4n) is 5.32. The van der Waals surface area contributed by atoms with Crippen molar-refractivity contribution >= 4 is 34.8 Å². The lowest BCUT2D eigenvalue weighted by Gasteiger charge is -2.23. The average molecular weight is 506 g/mol. The molecule has 11 nitrogen and oxygen atoms in total. The Bertz CT molecular complexity index is 1570. The minimum absolute atomic E-state index is 0.0270. The highest BCUT2D eigenvalue weighted by molar-refractivity contribution is 6.30. The molecule has 0 radical (unpaired) electrons. The summed E-state index contributed by atoms with van der Waals surface area (Å²) >= 11 is 5.88. The van der Waals surface area contributed by atoms with E-state index in [9.17, 15) is 9.59 Å². The van der Waals surface area contributed by atoms with Crippen LogP contribution in [0.2, 0.25) is 5.02 Å². The number of halogens is 1. The van der Waals surface area contributed by atoms with Crippen molar-refractivity contribution in [2.24, 2.45) is 5.92 Å². The summed E-state index contributed by atoms with van der Waals surface area (Å²) in [5.74, 6) is 0.819. The third kappa shape index (κ3) is 3.53. The van der Waals surface area contributed by atoms with Gasteiger partial charge in [-0.3, -0.25) is 9.59 Å². The molecule has 1 aliphatic carbocycles. The Balaban J connectivity index is 1.44. The molecule has 0 bridgehead atoms. The summed E-state index contributed by atoms with van der Waals surface area (Å²) in [6.07, 6.45) is 11.5. The molecule has 2 aliphatic rings. The summed E-state index contributed by atoms with van der Waals surface area (Å²) < 4.78 is 1.68. The second-order valence-corrected chi connectivity index (χ2v) is 10.0. The number of carbonyl (C=O) groups is 1. The van der Waals surface area contributed by atoms with E-state index in [1.54, 1.807) is 17.6 Å². The number of aromatic nitrogens is 7. The van der Waals surface area contributed by atoms with Crippen molar-refractivity contribution < 1.29 is 4.79 Å². The molecule has 12 heteroatoms. The maximum Gasteiger partial charge on any atom is 0.242 e. The number of carbonyl (C=O) groups excluding carboxylic acids is 1. The van der Waals surface area contributed by atoms with Gasteiger partial charge in [-0.25, -0.2) is 24.5 Å². The molecule has 184 valence electrons. The van der Waals surface area contributed by atoms with E-state index in [1.807, 2.05) is 0 Å².